The standard InChI is InChI=1S/C14H19BrN2O2/c1-14(6-3-7-19-14)9-17-12(13(16)18)10-4-2-5-11(15)8-10/h2,4-5,8,12,17H,3,6-7,9H2,1H3,(H2,16,18)/t12-,14+/m0/s1. The van der Waals surface area contributed by atoms with Crippen molar-refractivity contribution in [3.63, 3.8) is 0 Å². The van der Waals surface area contributed by atoms with Gasteiger partial charge in [0.2, 0.25) is 5.91 Å². The van der Waals surface area contributed by atoms with Gasteiger partial charge in [-0.1, -0.05) is 28.1 Å². The maximum Gasteiger partial charge on any atom is 0.239 e. The molecule has 0 unspecified atom stereocenters. The van der Waals surface area contributed by atoms with Crippen molar-refractivity contribution in [2.24, 2.45) is 5.73 Å². The van der Waals surface area contributed by atoms with Crippen LogP contribution in [0.1, 0.15) is 31.4 Å². The van der Waals surface area contributed by atoms with E-state index in [1.165, 1.54) is 0 Å². The highest BCUT2D eigenvalue weighted by Gasteiger charge is 2.31. The number of amides is 1. The van der Waals surface area contributed by atoms with E-state index in [0.29, 0.717) is 6.54 Å². The Bertz CT molecular complexity index is 459. The second-order valence-corrected chi connectivity index (χ2v) is 6.09. The van der Waals surface area contributed by atoms with Crippen LogP contribution in [0, 0.1) is 0 Å². The van der Waals surface area contributed by atoms with Crippen molar-refractivity contribution in [1.82, 2.24) is 5.32 Å². The first-order valence-corrected chi connectivity index (χ1v) is 7.22. The second-order valence-electron chi connectivity index (χ2n) is 5.17. The molecule has 3 N–H and O–H groups in total. The first-order chi connectivity index (χ1) is 9.00. The molecular formula is C14H19BrN2O2. The molecule has 1 aromatic rings. The SMILES string of the molecule is C[C@]1(CN[C@H](C(N)=O)c2cccc(Br)c2)CCCO1. The predicted molar refractivity (Wildman–Crippen MR) is 77.7 cm³/mol. The number of carbonyl (C=O) groups is 1. The maximum absolute atomic E-state index is 11.6. The van der Waals surface area contributed by atoms with Crippen molar-refractivity contribution in [1.29, 1.82) is 0 Å². The minimum atomic E-state index is -0.487. The minimum Gasteiger partial charge on any atom is -0.374 e. The average Bonchev–Trinajstić information content (AvgIpc) is 2.76. The molecule has 0 bridgehead atoms. The normalized spacial score (nSPS) is 24.3. The van der Waals surface area contributed by atoms with E-state index < -0.39 is 6.04 Å². The highest BCUT2D eigenvalue weighted by Crippen LogP contribution is 2.25. The van der Waals surface area contributed by atoms with Gasteiger partial charge in [-0.15, -0.1) is 0 Å². The summed E-state index contributed by atoms with van der Waals surface area (Å²) in [5.74, 6) is -0.375. The lowest BCUT2D eigenvalue weighted by molar-refractivity contribution is -0.120. The van der Waals surface area contributed by atoms with E-state index in [1.54, 1.807) is 0 Å². The molecule has 5 heteroatoms. The Morgan fingerprint density at radius 1 is 1.63 bits per heavy atom. The predicted octanol–water partition coefficient (Wildman–Crippen LogP) is 2.13. The van der Waals surface area contributed by atoms with Crippen LogP contribution in [-0.4, -0.2) is 24.7 Å². The van der Waals surface area contributed by atoms with Crippen molar-refractivity contribution in [2.75, 3.05) is 13.2 Å². The van der Waals surface area contributed by atoms with Crippen molar-refractivity contribution in [3.05, 3.63) is 34.3 Å². The molecule has 1 amide bonds. The molecule has 2 atom stereocenters. The molecular weight excluding hydrogens is 308 g/mol. The molecule has 0 spiro atoms. The molecule has 1 aliphatic rings. The summed E-state index contributed by atoms with van der Waals surface area (Å²) >= 11 is 3.40. The number of nitrogens with two attached hydrogens (primary N) is 1. The molecule has 4 nitrogen and oxygen atoms in total. The monoisotopic (exact) mass is 326 g/mol. The van der Waals surface area contributed by atoms with Crippen LogP contribution in [0.2, 0.25) is 0 Å². The Kier molecular flexibility index (Phi) is 4.60. The van der Waals surface area contributed by atoms with E-state index in [0.717, 1.165) is 29.5 Å². The van der Waals surface area contributed by atoms with Crippen LogP contribution in [-0.2, 0) is 9.53 Å². The number of halogens is 1. The summed E-state index contributed by atoms with van der Waals surface area (Å²) in [5.41, 5.74) is 6.16. The number of ether oxygens (including phenoxy) is 1. The molecule has 0 radical (unpaired) electrons. The van der Waals surface area contributed by atoms with Gasteiger partial charge in [0.15, 0.2) is 0 Å². The van der Waals surface area contributed by atoms with E-state index in [4.69, 9.17) is 10.5 Å². The summed E-state index contributed by atoms with van der Waals surface area (Å²) < 4.78 is 6.64. The lowest BCUT2D eigenvalue weighted by Gasteiger charge is -2.26. The van der Waals surface area contributed by atoms with Gasteiger partial charge in [-0.2, -0.15) is 0 Å². The molecule has 0 aromatic heterocycles. The Hall–Kier alpha value is -0.910. The van der Waals surface area contributed by atoms with Crippen LogP contribution in [0.15, 0.2) is 28.7 Å². The molecule has 1 aromatic carbocycles. The Morgan fingerprint density at radius 3 is 3.00 bits per heavy atom. The van der Waals surface area contributed by atoms with Gasteiger partial charge in [-0.25, -0.2) is 0 Å². The lowest BCUT2D eigenvalue weighted by Crippen LogP contribution is -2.43. The number of rotatable bonds is 5. The zero-order chi connectivity index (χ0) is 13.9. The van der Waals surface area contributed by atoms with E-state index in [9.17, 15) is 4.79 Å². The quantitative estimate of drug-likeness (QED) is 0.871. The number of carbonyl (C=O) groups excluding carboxylic acids is 1. The molecule has 1 aliphatic heterocycles. The summed E-state index contributed by atoms with van der Waals surface area (Å²) in [6.45, 7) is 3.47. The Balaban J connectivity index is 2.06. The summed E-state index contributed by atoms with van der Waals surface area (Å²) in [4.78, 5) is 11.6. The van der Waals surface area contributed by atoms with Gasteiger partial charge in [0.25, 0.3) is 0 Å². The topological polar surface area (TPSA) is 64.3 Å². The highest BCUT2D eigenvalue weighted by atomic mass is 79.9. The molecule has 19 heavy (non-hydrogen) atoms. The van der Waals surface area contributed by atoms with Gasteiger partial charge in [0.1, 0.15) is 6.04 Å². The largest absolute Gasteiger partial charge is 0.374 e. The van der Waals surface area contributed by atoms with Crippen molar-refractivity contribution >= 4 is 21.8 Å². The van der Waals surface area contributed by atoms with Crippen LogP contribution in [0.4, 0.5) is 0 Å². The minimum absolute atomic E-state index is 0.195. The van der Waals surface area contributed by atoms with Crippen molar-refractivity contribution < 1.29 is 9.53 Å². The van der Waals surface area contributed by atoms with Crippen LogP contribution < -0.4 is 11.1 Å². The summed E-state index contributed by atoms with van der Waals surface area (Å²) in [6, 6.07) is 7.12. The first kappa shape index (κ1) is 14.5. The smallest absolute Gasteiger partial charge is 0.239 e. The van der Waals surface area contributed by atoms with Gasteiger partial charge in [-0.3, -0.25) is 10.1 Å². The Labute approximate surface area is 121 Å². The highest BCUT2D eigenvalue weighted by molar-refractivity contribution is 9.10. The van der Waals surface area contributed by atoms with Gasteiger partial charge in [0.05, 0.1) is 5.60 Å². The van der Waals surface area contributed by atoms with Crippen molar-refractivity contribution in [3.8, 4) is 0 Å². The van der Waals surface area contributed by atoms with Crippen molar-refractivity contribution in [2.45, 2.75) is 31.4 Å². The van der Waals surface area contributed by atoms with E-state index >= 15 is 0 Å². The zero-order valence-electron chi connectivity index (χ0n) is 11.0. The van der Waals surface area contributed by atoms with Crippen LogP contribution in [0.5, 0.6) is 0 Å². The molecule has 1 heterocycles. The van der Waals surface area contributed by atoms with E-state index in [1.807, 2.05) is 24.3 Å². The fourth-order valence-corrected chi connectivity index (χ4v) is 2.78. The third kappa shape index (κ3) is 3.78. The molecule has 0 saturated carbocycles. The number of primary amides is 1. The van der Waals surface area contributed by atoms with Crippen LogP contribution in [0.25, 0.3) is 0 Å². The maximum atomic E-state index is 11.6. The number of nitrogens with one attached hydrogen (secondary N) is 1. The number of hydrogen-bond acceptors (Lipinski definition) is 3. The van der Waals surface area contributed by atoms with Gasteiger partial charge < -0.3 is 10.5 Å². The second kappa shape index (κ2) is 6.03. The Morgan fingerprint density at radius 2 is 2.42 bits per heavy atom. The number of benzene rings is 1. The summed E-state index contributed by atoms with van der Waals surface area (Å²) in [7, 11) is 0. The third-order valence-corrected chi connectivity index (χ3v) is 3.94. The van der Waals surface area contributed by atoms with Gasteiger partial charge >= 0.3 is 0 Å². The van der Waals surface area contributed by atoms with Gasteiger partial charge in [0, 0.05) is 17.6 Å². The molecule has 2 rings (SSSR count). The first-order valence-electron chi connectivity index (χ1n) is 6.42. The number of hydrogen-bond donors (Lipinski definition) is 2. The summed E-state index contributed by atoms with van der Waals surface area (Å²) in [6.07, 6.45) is 2.07. The molecule has 1 saturated heterocycles. The average molecular weight is 327 g/mol. The zero-order valence-corrected chi connectivity index (χ0v) is 12.6. The fourth-order valence-electron chi connectivity index (χ4n) is 2.36. The molecule has 1 fully saturated rings. The molecule has 0 aliphatic carbocycles. The third-order valence-electron chi connectivity index (χ3n) is 3.45. The van der Waals surface area contributed by atoms with E-state index in [2.05, 4.69) is 28.2 Å². The van der Waals surface area contributed by atoms with E-state index in [-0.39, 0.29) is 11.5 Å². The lowest BCUT2D eigenvalue weighted by atomic mass is 10.0. The van der Waals surface area contributed by atoms with Gasteiger partial charge in [-0.05, 0) is 37.5 Å². The van der Waals surface area contributed by atoms with Crippen LogP contribution in [0.3, 0.4) is 0 Å². The fraction of sp³-hybridized carbons (Fsp3) is 0.500. The molecule has 104 valence electrons. The van der Waals surface area contributed by atoms with Crippen LogP contribution >= 0.6 is 15.9 Å². The summed E-state index contributed by atoms with van der Waals surface area (Å²) in [5, 5.41) is 3.22.